The molecule has 1 aliphatic rings. The van der Waals surface area contributed by atoms with Crippen LogP contribution in [0, 0.1) is 0 Å². The van der Waals surface area contributed by atoms with E-state index in [0.717, 1.165) is 17.3 Å². The number of amides is 2. The van der Waals surface area contributed by atoms with Gasteiger partial charge in [-0.15, -0.1) is 0 Å². The zero-order valence-electron chi connectivity index (χ0n) is 16.7. The topological polar surface area (TPSA) is 88.3 Å². The van der Waals surface area contributed by atoms with Crippen LogP contribution in [0.1, 0.15) is 46.8 Å². The second kappa shape index (κ2) is 8.43. The molecule has 6 nitrogen and oxygen atoms in total. The highest BCUT2D eigenvalue weighted by atomic mass is 19.4. The van der Waals surface area contributed by atoms with Gasteiger partial charge in [0.15, 0.2) is 0 Å². The number of nitrogens with two attached hydrogens (primary N) is 1. The van der Waals surface area contributed by atoms with Crippen molar-refractivity contribution in [3.05, 3.63) is 58.9 Å². The molecule has 0 saturated heterocycles. The largest absolute Gasteiger partial charge is 0.393 e. The highest BCUT2D eigenvalue weighted by Crippen LogP contribution is 2.30. The number of anilines is 1. The molecule has 160 valence electrons. The molecule has 3 N–H and O–H groups in total. The predicted molar refractivity (Wildman–Crippen MR) is 106 cm³/mol. The van der Waals surface area contributed by atoms with E-state index in [2.05, 4.69) is 10.3 Å². The van der Waals surface area contributed by atoms with E-state index in [4.69, 9.17) is 5.73 Å². The Balaban J connectivity index is 1.78. The van der Waals surface area contributed by atoms with Crippen LogP contribution in [0.25, 0.3) is 0 Å². The zero-order valence-corrected chi connectivity index (χ0v) is 16.7. The van der Waals surface area contributed by atoms with E-state index in [1.165, 1.54) is 12.3 Å². The minimum Gasteiger partial charge on any atom is -0.368 e. The molecule has 1 aromatic carbocycles. The number of alkyl halides is 3. The lowest BCUT2D eigenvalue weighted by Gasteiger charge is -2.36. The van der Waals surface area contributed by atoms with Crippen LogP contribution in [0.5, 0.6) is 0 Å². The van der Waals surface area contributed by atoms with Crippen molar-refractivity contribution in [1.82, 2.24) is 9.88 Å². The number of hydrogen-bond donors (Lipinski definition) is 2. The Morgan fingerprint density at radius 1 is 1.30 bits per heavy atom. The van der Waals surface area contributed by atoms with Crippen molar-refractivity contribution in [2.24, 2.45) is 5.73 Å². The summed E-state index contributed by atoms with van der Waals surface area (Å²) in [4.78, 5) is 29.9. The number of nitrogens with one attached hydrogen (secondary N) is 1. The Kier molecular flexibility index (Phi) is 6.12. The molecule has 2 aromatic rings. The van der Waals surface area contributed by atoms with Crippen LogP contribution in [-0.2, 0) is 17.8 Å². The first-order valence-electron chi connectivity index (χ1n) is 9.51. The highest BCUT2D eigenvalue weighted by Gasteiger charge is 2.29. The molecule has 9 heteroatoms. The maximum Gasteiger partial charge on any atom is 0.393 e. The molecule has 0 saturated carbocycles. The minimum atomic E-state index is -4.35. The fourth-order valence-electron chi connectivity index (χ4n) is 3.66. The average molecular weight is 420 g/mol. The number of nitrogens with zero attached hydrogens (tertiary/aromatic N) is 2. The molecule has 0 aliphatic carbocycles. The Morgan fingerprint density at radius 3 is 2.70 bits per heavy atom. The van der Waals surface area contributed by atoms with Crippen molar-refractivity contribution in [2.45, 2.75) is 44.9 Å². The van der Waals surface area contributed by atoms with Crippen LogP contribution in [0.15, 0.2) is 36.7 Å². The lowest BCUT2D eigenvalue weighted by molar-refractivity contribution is -0.127. The van der Waals surface area contributed by atoms with Gasteiger partial charge in [-0.25, -0.2) is 0 Å². The number of carbonyl (C=O) groups is 2. The fraction of sp³-hybridized carbons (Fsp3) is 0.381. The molecule has 0 radical (unpaired) electrons. The number of aromatic nitrogens is 1. The smallest absolute Gasteiger partial charge is 0.368 e. The van der Waals surface area contributed by atoms with Crippen LogP contribution < -0.4 is 11.1 Å². The second-order valence-electron chi connectivity index (χ2n) is 7.65. The molecule has 2 amide bonds. The first-order chi connectivity index (χ1) is 14.0. The van der Waals surface area contributed by atoms with Crippen molar-refractivity contribution in [1.29, 1.82) is 0 Å². The molecule has 0 bridgehead atoms. The number of fused-ring (bicyclic) bond motifs is 1. The Hall–Kier alpha value is -2.94. The van der Waals surface area contributed by atoms with E-state index in [0.29, 0.717) is 18.7 Å². The van der Waals surface area contributed by atoms with E-state index in [1.54, 1.807) is 19.1 Å². The van der Waals surface area contributed by atoms with Crippen LogP contribution in [-0.4, -0.2) is 40.5 Å². The van der Waals surface area contributed by atoms with Gasteiger partial charge in [0.05, 0.1) is 24.3 Å². The van der Waals surface area contributed by atoms with E-state index < -0.39 is 30.5 Å². The van der Waals surface area contributed by atoms with Crippen molar-refractivity contribution in [3.8, 4) is 0 Å². The summed E-state index contributed by atoms with van der Waals surface area (Å²) in [6.45, 7) is 4.95. The normalized spacial score (nSPS) is 17.8. The third kappa shape index (κ3) is 5.15. The molecule has 0 spiro atoms. The average Bonchev–Trinajstić information content (AvgIpc) is 2.65. The van der Waals surface area contributed by atoms with Gasteiger partial charge >= 0.3 is 6.18 Å². The van der Waals surface area contributed by atoms with Gasteiger partial charge in [-0.05, 0) is 47.7 Å². The summed E-state index contributed by atoms with van der Waals surface area (Å²) in [5, 5.41) is 2.60. The number of benzene rings is 1. The van der Waals surface area contributed by atoms with E-state index >= 15 is 0 Å². The summed E-state index contributed by atoms with van der Waals surface area (Å²) < 4.78 is 37.7. The molecule has 1 aromatic heterocycles. The van der Waals surface area contributed by atoms with Crippen LogP contribution in [0.4, 0.5) is 18.9 Å². The van der Waals surface area contributed by atoms with Crippen molar-refractivity contribution < 1.29 is 22.8 Å². The van der Waals surface area contributed by atoms with Crippen LogP contribution >= 0.6 is 0 Å². The summed E-state index contributed by atoms with van der Waals surface area (Å²) in [5.41, 5.74) is 7.96. The maximum atomic E-state index is 12.7. The van der Waals surface area contributed by atoms with Gasteiger partial charge in [-0.1, -0.05) is 13.0 Å². The summed E-state index contributed by atoms with van der Waals surface area (Å²) >= 11 is 0. The monoisotopic (exact) mass is 420 g/mol. The summed E-state index contributed by atoms with van der Waals surface area (Å²) in [7, 11) is 0. The standard InChI is InChI=1S/C21H23F3N4O2/c1-12-10-28(13(2)19(25)29)11-16-6-15(3-4-18(12)16)20(30)27-17-5-14(8-26-9-17)7-21(22,23)24/h3-6,8-9,12-13H,7,10-11H2,1-2H3,(H2,25,29)(H,27,30)/t12-,13?/m0/s1. The first kappa shape index (κ1) is 21.8. The summed E-state index contributed by atoms with van der Waals surface area (Å²) in [5.74, 6) is -0.696. The molecule has 2 atom stereocenters. The van der Waals surface area contributed by atoms with E-state index in [1.807, 2.05) is 17.9 Å². The molecular weight excluding hydrogens is 397 g/mol. The van der Waals surface area contributed by atoms with E-state index in [-0.39, 0.29) is 17.2 Å². The van der Waals surface area contributed by atoms with Crippen LogP contribution in [0.3, 0.4) is 0 Å². The number of rotatable bonds is 5. The van der Waals surface area contributed by atoms with Gasteiger partial charge < -0.3 is 11.1 Å². The number of primary amides is 1. The Bertz CT molecular complexity index is 962. The number of hydrogen-bond acceptors (Lipinski definition) is 4. The van der Waals surface area contributed by atoms with Crippen molar-refractivity contribution in [3.63, 3.8) is 0 Å². The predicted octanol–water partition coefficient (Wildman–Crippen LogP) is 3.23. The third-order valence-corrected chi connectivity index (χ3v) is 5.23. The van der Waals surface area contributed by atoms with Gasteiger partial charge in [0, 0.05) is 24.8 Å². The minimum absolute atomic E-state index is 0.0318. The third-order valence-electron chi connectivity index (χ3n) is 5.23. The van der Waals surface area contributed by atoms with Crippen molar-refractivity contribution in [2.75, 3.05) is 11.9 Å². The SMILES string of the molecule is CC(C(N)=O)N1Cc2cc(C(=O)Nc3cncc(CC(F)(F)F)c3)ccc2[C@@H](C)C1. The zero-order chi connectivity index (χ0) is 22.1. The summed E-state index contributed by atoms with van der Waals surface area (Å²) in [6.07, 6.45) is -3.05. The van der Waals surface area contributed by atoms with Crippen molar-refractivity contribution >= 4 is 17.5 Å². The number of pyridine rings is 1. The van der Waals surface area contributed by atoms with Gasteiger partial charge in [0.2, 0.25) is 5.91 Å². The van der Waals surface area contributed by atoms with Crippen LogP contribution in [0.2, 0.25) is 0 Å². The van der Waals surface area contributed by atoms with Gasteiger partial charge in [0.25, 0.3) is 5.91 Å². The molecule has 0 fully saturated rings. The first-order valence-corrected chi connectivity index (χ1v) is 9.51. The fourth-order valence-corrected chi connectivity index (χ4v) is 3.66. The Morgan fingerprint density at radius 2 is 2.03 bits per heavy atom. The maximum absolute atomic E-state index is 12.7. The summed E-state index contributed by atoms with van der Waals surface area (Å²) in [6, 6.07) is 6.13. The van der Waals surface area contributed by atoms with Gasteiger partial charge in [0.1, 0.15) is 0 Å². The molecular formula is C21H23F3N4O2. The van der Waals surface area contributed by atoms with Gasteiger partial charge in [-0.3, -0.25) is 19.5 Å². The quantitative estimate of drug-likeness (QED) is 0.777. The molecule has 3 rings (SSSR count). The highest BCUT2D eigenvalue weighted by molar-refractivity contribution is 6.04. The number of carbonyl (C=O) groups excluding carboxylic acids is 2. The lowest BCUT2D eigenvalue weighted by atomic mass is 9.89. The molecule has 1 unspecified atom stereocenters. The number of halogens is 3. The lowest BCUT2D eigenvalue weighted by Crippen LogP contribution is -2.45. The molecule has 1 aliphatic heterocycles. The molecule has 30 heavy (non-hydrogen) atoms. The van der Waals surface area contributed by atoms with E-state index in [9.17, 15) is 22.8 Å². The Labute approximate surface area is 172 Å². The molecule has 2 heterocycles. The van der Waals surface area contributed by atoms with Gasteiger partial charge in [-0.2, -0.15) is 13.2 Å². The second-order valence-corrected chi connectivity index (χ2v) is 7.65.